The SMILES string of the molecule is CN1C(=O)C2C(=NC(N/N=C/c3cccc([N+](=O)[O-])c3)=[N+]2Cc2ccccc2)N(C)C1=O. The number of likely N-dealkylation sites (N-methyl/N-ethyl adjacent to an activating group) is 2. The third-order valence-corrected chi connectivity index (χ3v) is 5.19. The van der Waals surface area contributed by atoms with Gasteiger partial charge in [-0.05, 0) is 5.56 Å². The van der Waals surface area contributed by atoms with Crippen LogP contribution in [0.2, 0.25) is 0 Å². The van der Waals surface area contributed by atoms with Gasteiger partial charge in [0.05, 0.1) is 17.7 Å². The summed E-state index contributed by atoms with van der Waals surface area (Å²) in [5, 5.41) is 15.1. The normalized spacial score (nSPS) is 18.3. The lowest BCUT2D eigenvalue weighted by Crippen LogP contribution is -2.61. The largest absolute Gasteiger partial charge is 0.414 e. The summed E-state index contributed by atoms with van der Waals surface area (Å²) in [4.78, 5) is 42.6. The van der Waals surface area contributed by atoms with Crippen LogP contribution >= 0.6 is 0 Å². The fourth-order valence-electron chi connectivity index (χ4n) is 3.52. The van der Waals surface area contributed by atoms with Crippen molar-refractivity contribution in [2.75, 3.05) is 14.1 Å². The summed E-state index contributed by atoms with van der Waals surface area (Å²) in [7, 11) is 3.00. The second kappa shape index (κ2) is 8.38. The molecule has 0 bridgehead atoms. The van der Waals surface area contributed by atoms with E-state index >= 15 is 0 Å². The van der Waals surface area contributed by atoms with Crippen LogP contribution in [0.15, 0.2) is 64.7 Å². The molecule has 1 fully saturated rings. The molecule has 1 atom stereocenters. The van der Waals surface area contributed by atoms with Gasteiger partial charge in [0, 0.05) is 31.8 Å². The number of carbonyl (C=O) groups is 2. The summed E-state index contributed by atoms with van der Waals surface area (Å²) in [5.41, 5.74) is 4.24. The minimum absolute atomic E-state index is 0.0480. The van der Waals surface area contributed by atoms with E-state index in [2.05, 4.69) is 15.5 Å². The maximum absolute atomic E-state index is 12.9. The van der Waals surface area contributed by atoms with Gasteiger partial charge in [-0.2, -0.15) is 5.43 Å². The van der Waals surface area contributed by atoms with Crippen LogP contribution in [0.5, 0.6) is 0 Å². The van der Waals surface area contributed by atoms with E-state index in [0.29, 0.717) is 23.9 Å². The van der Waals surface area contributed by atoms with Gasteiger partial charge in [-0.3, -0.25) is 24.7 Å². The van der Waals surface area contributed by atoms with E-state index in [1.165, 1.54) is 30.3 Å². The minimum atomic E-state index is -0.779. The van der Waals surface area contributed by atoms with Crippen LogP contribution in [0.25, 0.3) is 0 Å². The number of nitrogens with zero attached hydrogens (tertiary/aromatic N) is 6. The predicted octanol–water partition coefficient (Wildman–Crippen LogP) is 1.39. The molecule has 162 valence electrons. The Hall–Kier alpha value is -4.41. The van der Waals surface area contributed by atoms with Gasteiger partial charge < -0.3 is 0 Å². The van der Waals surface area contributed by atoms with E-state index in [1.54, 1.807) is 23.8 Å². The molecule has 2 aliphatic rings. The second-order valence-corrected chi connectivity index (χ2v) is 7.27. The molecular formula is C21H20N7O4+. The Morgan fingerprint density at radius 1 is 1.16 bits per heavy atom. The molecule has 32 heavy (non-hydrogen) atoms. The molecule has 0 aromatic heterocycles. The summed E-state index contributed by atoms with van der Waals surface area (Å²) in [6, 6.07) is 14.3. The summed E-state index contributed by atoms with van der Waals surface area (Å²) in [6.45, 7) is 0.356. The van der Waals surface area contributed by atoms with E-state index in [1.807, 2.05) is 30.3 Å². The molecule has 0 aliphatic carbocycles. The number of non-ortho nitro benzene ring substituents is 1. The first kappa shape index (κ1) is 20.8. The molecule has 2 heterocycles. The van der Waals surface area contributed by atoms with Crippen LogP contribution in [0.3, 0.4) is 0 Å². The Morgan fingerprint density at radius 3 is 2.62 bits per heavy atom. The van der Waals surface area contributed by atoms with Crippen LogP contribution in [-0.2, 0) is 11.3 Å². The van der Waals surface area contributed by atoms with Gasteiger partial charge >= 0.3 is 12.0 Å². The number of aliphatic imine (C=N–C) groups is 1. The highest BCUT2D eigenvalue weighted by molar-refractivity contribution is 6.22. The number of hydrazone groups is 1. The average Bonchev–Trinajstić information content (AvgIpc) is 3.15. The molecule has 1 saturated heterocycles. The maximum atomic E-state index is 12.9. The molecule has 11 heteroatoms. The zero-order chi connectivity index (χ0) is 22.8. The Bertz CT molecular complexity index is 1190. The topological polar surface area (TPSA) is 124 Å². The van der Waals surface area contributed by atoms with Crippen molar-refractivity contribution in [2.24, 2.45) is 10.1 Å². The van der Waals surface area contributed by atoms with Gasteiger partial charge in [0.15, 0.2) is 0 Å². The summed E-state index contributed by atoms with van der Waals surface area (Å²) in [5.74, 6) is 0.211. The molecular weight excluding hydrogens is 414 g/mol. The maximum Gasteiger partial charge on any atom is 0.414 e. The summed E-state index contributed by atoms with van der Waals surface area (Å²) in [6.07, 6.45) is 1.42. The van der Waals surface area contributed by atoms with Crippen molar-refractivity contribution in [3.8, 4) is 0 Å². The average molecular weight is 434 g/mol. The first-order chi connectivity index (χ1) is 15.4. The molecule has 1 N–H and O–H groups in total. The lowest BCUT2D eigenvalue weighted by atomic mass is 10.1. The second-order valence-electron chi connectivity index (χ2n) is 7.27. The molecule has 2 aromatic carbocycles. The number of hydrogen-bond donors (Lipinski definition) is 1. The number of benzene rings is 2. The monoisotopic (exact) mass is 434 g/mol. The number of fused-ring (bicyclic) bond motifs is 1. The number of urea groups is 1. The van der Waals surface area contributed by atoms with Crippen molar-refractivity contribution < 1.29 is 19.1 Å². The Labute approximate surface area is 183 Å². The van der Waals surface area contributed by atoms with Crippen LogP contribution in [0, 0.1) is 10.1 Å². The van der Waals surface area contributed by atoms with Crippen molar-refractivity contribution in [3.05, 3.63) is 75.8 Å². The first-order valence-electron chi connectivity index (χ1n) is 9.71. The first-order valence-corrected chi connectivity index (χ1v) is 9.71. The Balaban J connectivity index is 1.66. The van der Waals surface area contributed by atoms with Crippen LogP contribution < -0.4 is 5.43 Å². The molecule has 2 aliphatic heterocycles. The van der Waals surface area contributed by atoms with E-state index in [-0.39, 0.29) is 11.6 Å². The minimum Gasteiger partial charge on any atom is -0.270 e. The van der Waals surface area contributed by atoms with Crippen LogP contribution in [0.1, 0.15) is 11.1 Å². The number of rotatable bonds is 5. The molecule has 2 aromatic rings. The lowest BCUT2D eigenvalue weighted by molar-refractivity contribution is -0.553. The van der Waals surface area contributed by atoms with Gasteiger partial charge in [-0.1, -0.05) is 47.5 Å². The third kappa shape index (κ3) is 3.83. The van der Waals surface area contributed by atoms with Gasteiger partial charge in [-0.25, -0.2) is 9.37 Å². The van der Waals surface area contributed by atoms with E-state index in [0.717, 1.165) is 10.5 Å². The van der Waals surface area contributed by atoms with Crippen LogP contribution in [0.4, 0.5) is 10.5 Å². The number of nitro groups is 1. The van der Waals surface area contributed by atoms with Gasteiger partial charge in [0.1, 0.15) is 0 Å². The molecule has 11 nitrogen and oxygen atoms in total. The van der Waals surface area contributed by atoms with Crippen molar-refractivity contribution in [1.82, 2.24) is 15.2 Å². The molecule has 4 rings (SSSR count). The number of amidine groups is 1. The number of guanidine groups is 1. The van der Waals surface area contributed by atoms with Crippen LogP contribution in [-0.4, -0.2) is 69.4 Å². The quantitative estimate of drug-likeness (QED) is 0.330. The highest BCUT2D eigenvalue weighted by atomic mass is 16.6. The van der Waals surface area contributed by atoms with Gasteiger partial charge in [-0.15, -0.1) is 5.10 Å². The summed E-state index contributed by atoms with van der Waals surface area (Å²) < 4.78 is 1.73. The molecule has 0 radical (unpaired) electrons. The van der Waals surface area contributed by atoms with Crippen molar-refractivity contribution >= 4 is 35.6 Å². The number of amides is 3. The van der Waals surface area contributed by atoms with Crippen molar-refractivity contribution in [3.63, 3.8) is 0 Å². The number of imide groups is 1. The van der Waals surface area contributed by atoms with Gasteiger partial charge in [0.2, 0.25) is 11.9 Å². The van der Waals surface area contributed by atoms with E-state index < -0.39 is 17.0 Å². The Morgan fingerprint density at radius 2 is 1.91 bits per heavy atom. The predicted molar refractivity (Wildman–Crippen MR) is 116 cm³/mol. The zero-order valence-corrected chi connectivity index (χ0v) is 17.4. The smallest absolute Gasteiger partial charge is 0.270 e. The van der Waals surface area contributed by atoms with E-state index in [9.17, 15) is 19.7 Å². The lowest BCUT2D eigenvalue weighted by Gasteiger charge is -2.31. The molecule has 3 amide bonds. The number of hydrogen-bond acceptors (Lipinski definition) is 7. The number of nitro benzene ring substituents is 1. The van der Waals surface area contributed by atoms with Crippen molar-refractivity contribution in [1.29, 1.82) is 0 Å². The zero-order valence-electron chi connectivity index (χ0n) is 17.4. The van der Waals surface area contributed by atoms with Gasteiger partial charge in [0.25, 0.3) is 11.6 Å². The fraction of sp³-hybridized carbons (Fsp3) is 0.190. The molecule has 1 unspecified atom stereocenters. The molecule has 0 saturated carbocycles. The Kier molecular flexibility index (Phi) is 5.46. The summed E-state index contributed by atoms with van der Waals surface area (Å²) >= 11 is 0. The number of nitrogens with one attached hydrogen (secondary N) is 1. The highest BCUT2D eigenvalue weighted by Gasteiger charge is 2.51. The standard InChI is InChI=1S/C21H19N7O4/c1-25-18-17(19(29)26(2)21(25)30)27(13-14-7-4-3-5-8-14)20(23-18)24-22-12-15-9-6-10-16(11-15)28(31)32/h3-12,17H,13H2,1-2H3/p+1/b22-12+. The highest BCUT2D eigenvalue weighted by Crippen LogP contribution is 2.20. The van der Waals surface area contributed by atoms with Crippen molar-refractivity contribution in [2.45, 2.75) is 12.6 Å². The fourth-order valence-corrected chi connectivity index (χ4v) is 3.52. The van der Waals surface area contributed by atoms with E-state index in [4.69, 9.17) is 0 Å². The third-order valence-electron chi connectivity index (χ3n) is 5.19. The molecule has 0 spiro atoms. The number of carbonyl (C=O) groups excluding carboxylic acids is 2.